The lowest BCUT2D eigenvalue weighted by Crippen LogP contribution is -1.97. The Morgan fingerprint density at radius 2 is 2.36 bits per heavy atom. The van der Waals surface area contributed by atoms with Crippen LogP contribution in [0.2, 0.25) is 0 Å². The van der Waals surface area contributed by atoms with Gasteiger partial charge in [0, 0.05) is 23.4 Å². The molecule has 0 N–H and O–H groups in total. The third-order valence-corrected chi connectivity index (χ3v) is 2.99. The highest BCUT2D eigenvalue weighted by atomic mass is 35.7. The molecule has 1 aromatic rings. The fourth-order valence-corrected chi connectivity index (χ4v) is 1.65. The molecule has 1 heterocycles. The van der Waals surface area contributed by atoms with Crippen molar-refractivity contribution in [2.24, 2.45) is 0 Å². The molecule has 0 saturated carbocycles. The van der Waals surface area contributed by atoms with E-state index in [1.807, 2.05) is 6.08 Å². The molecule has 1 rings (SSSR count). The van der Waals surface area contributed by atoms with Gasteiger partial charge in [0.1, 0.15) is 4.90 Å². The molecular formula is C8H11ClN2O2S. The van der Waals surface area contributed by atoms with Crippen molar-refractivity contribution in [1.29, 1.82) is 0 Å². The molecule has 0 unspecified atom stereocenters. The number of aromatic nitrogens is 2. The highest BCUT2D eigenvalue weighted by Gasteiger charge is 2.11. The number of hydrogen-bond donors (Lipinski definition) is 0. The van der Waals surface area contributed by atoms with Crippen LogP contribution in [0.4, 0.5) is 0 Å². The van der Waals surface area contributed by atoms with Crippen molar-refractivity contribution >= 4 is 19.7 Å². The zero-order valence-electron chi connectivity index (χ0n) is 7.56. The molecule has 0 atom stereocenters. The van der Waals surface area contributed by atoms with E-state index < -0.39 is 9.05 Å². The van der Waals surface area contributed by atoms with E-state index in [0.717, 1.165) is 12.8 Å². The van der Waals surface area contributed by atoms with Crippen molar-refractivity contribution in [3.05, 3.63) is 25.0 Å². The van der Waals surface area contributed by atoms with Gasteiger partial charge in [-0.2, -0.15) is 5.10 Å². The summed E-state index contributed by atoms with van der Waals surface area (Å²) in [7, 11) is 1.49. The van der Waals surface area contributed by atoms with Crippen LogP contribution >= 0.6 is 10.7 Å². The second kappa shape index (κ2) is 4.61. The molecule has 4 nitrogen and oxygen atoms in total. The molecule has 0 aliphatic heterocycles. The van der Waals surface area contributed by atoms with Crippen molar-refractivity contribution in [3.8, 4) is 0 Å². The summed E-state index contributed by atoms with van der Waals surface area (Å²) in [6.07, 6.45) is 6.24. The molecule has 0 bridgehead atoms. The van der Waals surface area contributed by atoms with Crippen LogP contribution in [0.15, 0.2) is 29.9 Å². The van der Waals surface area contributed by atoms with E-state index in [1.165, 1.54) is 12.4 Å². The summed E-state index contributed by atoms with van der Waals surface area (Å²) in [5.74, 6) is 0. The van der Waals surface area contributed by atoms with E-state index in [1.54, 1.807) is 4.68 Å². The summed E-state index contributed by atoms with van der Waals surface area (Å²) >= 11 is 0. The lowest BCUT2D eigenvalue weighted by atomic mass is 10.3. The summed E-state index contributed by atoms with van der Waals surface area (Å²) in [5.41, 5.74) is 0. The number of nitrogens with zero attached hydrogens (tertiary/aromatic N) is 2. The van der Waals surface area contributed by atoms with Gasteiger partial charge in [0.2, 0.25) is 0 Å². The summed E-state index contributed by atoms with van der Waals surface area (Å²) in [4.78, 5) is 0.0396. The second-order valence-electron chi connectivity index (χ2n) is 2.81. The predicted octanol–water partition coefficient (Wildman–Crippen LogP) is 1.78. The number of halogens is 1. The first kappa shape index (κ1) is 11.3. The summed E-state index contributed by atoms with van der Waals surface area (Å²) in [6.45, 7) is 4.25. The number of rotatable bonds is 5. The molecule has 1 aromatic heterocycles. The second-order valence-corrected chi connectivity index (χ2v) is 5.37. The van der Waals surface area contributed by atoms with Crippen LogP contribution in [-0.4, -0.2) is 18.2 Å². The van der Waals surface area contributed by atoms with E-state index in [0.29, 0.717) is 6.54 Å². The molecular weight excluding hydrogens is 224 g/mol. The van der Waals surface area contributed by atoms with Crippen molar-refractivity contribution < 1.29 is 8.42 Å². The van der Waals surface area contributed by atoms with Gasteiger partial charge in [-0.25, -0.2) is 8.42 Å². The first-order valence-electron chi connectivity index (χ1n) is 4.12. The minimum atomic E-state index is -3.64. The Kier molecular flexibility index (Phi) is 3.71. The minimum Gasteiger partial charge on any atom is -0.271 e. The monoisotopic (exact) mass is 234 g/mol. The maximum absolute atomic E-state index is 10.9. The van der Waals surface area contributed by atoms with Gasteiger partial charge in [0.05, 0.1) is 6.20 Å². The molecule has 0 fully saturated rings. The quantitative estimate of drug-likeness (QED) is 0.443. The van der Waals surface area contributed by atoms with Crippen LogP contribution in [0, 0.1) is 0 Å². The first-order valence-corrected chi connectivity index (χ1v) is 6.43. The minimum absolute atomic E-state index is 0.0396. The highest BCUT2D eigenvalue weighted by Crippen LogP contribution is 2.13. The molecule has 78 valence electrons. The topological polar surface area (TPSA) is 52.0 Å². The fourth-order valence-electron chi connectivity index (χ4n) is 0.990. The number of allylic oxidation sites excluding steroid dienone is 1. The smallest absolute Gasteiger partial charge is 0.264 e. The number of aryl methyl sites for hydroxylation is 1. The average Bonchev–Trinajstić information content (AvgIpc) is 2.52. The van der Waals surface area contributed by atoms with E-state index in [9.17, 15) is 8.42 Å². The molecule has 14 heavy (non-hydrogen) atoms. The van der Waals surface area contributed by atoms with Gasteiger partial charge in [-0.1, -0.05) is 6.08 Å². The molecule has 0 aliphatic rings. The van der Waals surface area contributed by atoms with Crippen LogP contribution in [0.25, 0.3) is 0 Å². The maximum Gasteiger partial charge on any atom is 0.264 e. The van der Waals surface area contributed by atoms with Crippen LogP contribution in [0.3, 0.4) is 0 Å². The van der Waals surface area contributed by atoms with Gasteiger partial charge >= 0.3 is 0 Å². The SMILES string of the molecule is C=CCCCn1cc(S(=O)(=O)Cl)cn1. The third kappa shape index (κ3) is 3.16. The average molecular weight is 235 g/mol. The summed E-state index contributed by atoms with van der Waals surface area (Å²) in [6, 6.07) is 0. The van der Waals surface area contributed by atoms with E-state index in [2.05, 4.69) is 11.7 Å². The Bertz CT molecular complexity index is 411. The van der Waals surface area contributed by atoms with Crippen LogP contribution in [0.1, 0.15) is 12.8 Å². The lowest BCUT2D eigenvalue weighted by molar-refractivity contribution is 0.581. The van der Waals surface area contributed by atoms with Crippen LogP contribution in [0.5, 0.6) is 0 Å². The van der Waals surface area contributed by atoms with Gasteiger partial charge in [-0.3, -0.25) is 4.68 Å². The van der Waals surface area contributed by atoms with Crippen LogP contribution in [-0.2, 0) is 15.6 Å². The van der Waals surface area contributed by atoms with E-state index >= 15 is 0 Å². The van der Waals surface area contributed by atoms with Gasteiger partial charge in [0.15, 0.2) is 0 Å². The van der Waals surface area contributed by atoms with Crippen molar-refractivity contribution in [1.82, 2.24) is 9.78 Å². The Labute approximate surface area is 87.6 Å². The highest BCUT2D eigenvalue weighted by molar-refractivity contribution is 8.13. The molecule has 0 aromatic carbocycles. The van der Waals surface area contributed by atoms with Gasteiger partial charge in [0.25, 0.3) is 9.05 Å². The van der Waals surface area contributed by atoms with Crippen LogP contribution < -0.4 is 0 Å². The number of hydrogen-bond acceptors (Lipinski definition) is 3. The van der Waals surface area contributed by atoms with Gasteiger partial charge in [-0.15, -0.1) is 6.58 Å². The predicted molar refractivity (Wildman–Crippen MR) is 54.7 cm³/mol. The fraction of sp³-hybridized carbons (Fsp3) is 0.375. The zero-order valence-corrected chi connectivity index (χ0v) is 9.13. The standard InChI is InChI=1S/C8H11ClN2O2S/c1-2-3-4-5-11-7-8(6-10-11)14(9,12)13/h2,6-7H,1,3-5H2. The normalized spacial score (nSPS) is 11.5. The zero-order chi connectivity index (χ0) is 10.6. The Hall–Kier alpha value is -0.810. The molecule has 0 radical (unpaired) electrons. The Balaban J connectivity index is 2.64. The maximum atomic E-state index is 10.9. The van der Waals surface area contributed by atoms with Gasteiger partial charge < -0.3 is 0 Å². The first-order chi connectivity index (χ1) is 6.54. The molecule has 0 saturated heterocycles. The van der Waals surface area contributed by atoms with Crippen molar-refractivity contribution in [3.63, 3.8) is 0 Å². The van der Waals surface area contributed by atoms with Gasteiger partial charge in [-0.05, 0) is 12.8 Å². The largest absolute Gasteiger partial charge is 0.271 e. The van der Waals surface area contributed by atoms with E-state index in [-0.39, 0.29) is 4.90 Å². The van der Waals surface area contributed by atoms with Crippen molar-refractivity contribution in [2.45, 2.75) is 24.3 Å². The van der Waals surface area contributed by atoms with E-state index in [4.69, 9.17) is 10.7 Å². The summed E-state index contributed by atoms with van der Waals surface area (Å²) in [5, 5.41) is 3.87. The molecule has 6 heteroatoms. The third-order valence-electron chi connectivity index (χ3n) is 1.69. The van der Waals surface area contributed by atoms with Crippen molar-refractivity contribution in [2.75, 3.05) is 0 Å². The summed E-state index contributed by atoms with van der Waals surface area (Å²) < 4.78 is 23.3. The Morgan fingerprint density at radius 3 is 2.86 bits per heavy atom. The molecule has 0 aliphatic carbocycles. The number of unbranched alkanes of at least 4 members (excludes halogenated alkanes) is 1. The molecule has 0 amide bonds. The Morgan fingerprint density at radius 1 is 1.64 bits per heavy atom. The lowest BCUT2D eigenvalue weighted by Gasteiger charge is -1.97. The molecule has 0 spiro atoms.